The van der Waals surface area contributed by atoms with Crippen LogP contribution in [-0.2, 0) is 17.9 Å². The topological polar surface area (TPSA) is 109 Å². The van der Waals surface area contributed by atoms with Gasteiger partial charge < -0.3 is 14.9 Å². The molecular weight excluding hydrogens is 372 g/mol. The summed E-state index contributed by atoms with van der Waals surface area (Å²) < 4.78 is 6.98. The van der Waals surface area contributed by atoms with E-state index >= 15 is 0 Å². The first-order valence-corrected chi connectivity index (χ1v) is 9.62. The summed E-state index contributed by atoms with van der Waals surface area (Å²) in [4.78, 5) is 18.7. The number of hydrogen-bond acceptors (Lipinski definition) is 7. The maximum Gasteiger partial charge on any atom is 0.241 e. The Hall–Kier alpha value is -3.04. The van der Waals surface area contributed by atoms with Crippen molar-refractivity contribution in [2.75, 3.05) is 13.1 Å². The van der Waals surface area contributed by atoms with E-state index in [1.807, 2.05) is 36.1 Å². The van der Waals surface area contributed by atoms with Crippen LogP contribution in [0.3, 0.4) is 0 Å². The van der Waals surface area contributed by atoms with E-state index in [0.29, 0.717) is 37.8 Å². The van der Waals surface area contributed by atoms with Crippen LogP contribution in [0.4, 0.5) is 0 Å². The SMILES string of the molecule is Cc1ccccc1-c1noc(CN2C[C@H](O)C[C@H](NC(=O)Cn3cccn3)C2)n1. The molecule has 29 heavy (non-hydrogen) atoms. The second-order valence-corrected chi connectivity index (χ2v) is 7.38. The Morgan fingerprint density at radius 1 is 1.31 bits per heavy atom. The van der Waals surface area contributed by atoms with Gasteiger partial charge in [-0.1, -0.05) is 29.4 Å². The number of aromatic nitrogens is 4. The number of amides is 1. The van der Waals surface area contributed by atoms with Crippen LogP contribution in [0.25, 0.3) is 11.4 Å². The highest BCUT2D eigenvalue weighted by atomic mass is 16.5. The fraction of sp³-hybridized carbons (Fsp3) is 0.400. The van der Waals surface area contributed by atoms with E-state index in [0.717, 1.165) is 11.1 Å². The fourth-order valence-corrected chi connectivity index (χ4v) is 3.65. The summed E-state index contributed by atoms with van der Waals surface area (Å²) in [5, 5.41) is 21.3. The van der Waals surface area contributed by atoms with Crippen molar-refractivity contribution in [3.8, 4) is 11.4 Å². The van der Waals surface area contributed by atoms with E-state index in [2.05, 4.69) is 20.6 Å². The molecule has 3 heterocycles. The van der Waals surface area contributed by atoms with Gasteiger partial charge in [0.2, 0.25) is 17.6 Å². The minimum Gasteiger partial charge on any atom is -0.392 e. The van der Waals surface area contributed by atoms with Crippen LogP contribution >= 0.6 is 0 Å². The molecule has 0 unspecified atom stereocenters. The van der Waals surface area contributed by atoms with Crippen LogP contribution in [0.15, 0.2) is 47.2 Å². The van der Waals surface area contributed by atoms with Crippen molar-refractivity contribution < 1.29 is 14.4 Å². The van der Waals surface area contributed by atoms with Crippen LogP contribution in [-0.4, -0.2) is 61.1 Å². The zero-order valence-corrected chi connectivity index (χ0v) is 16.2. The van der Waals surface area contributed by atoms with Gasteiger partial charge in [0.25, 0.3) is 0 Å². The Morgan fingerprint density at radius 3 is 2.97 bits per heavy atom. The molecule has 0 radical (unpaired) electrons. The number of benzene rings is 1. The molecule has 3 aromatic rings. The molecule has 1 aliphatic heterocycles. The van der Waals surface area contributed by atoms with Gasteiger partial charge in [0.1, 0.15) is 6.54 Å². The Morgan fingerprint density at radius 2 is 2.17 bits per heavy atom. The number of nitrogens with one attached hydrogen (secondary N) is 1. The molecule has 152 valence electrons. The molecule has 1 fully saturated rings. The summed E-state index contributed by atoms with van der Waals surface area (Å²) in [7, 11) is 0. The number of carbonyl (C=O) groups excluding carboxylic acids is 1. The zero-order chi connectivity index (χ0) is 20.2. The molecule has 2 N–H and O–H groups in total. The summed E-state index contributed by atoms with van der Waals surface area (Å²) in [6.45, 7) is 3.67. The molecule has 4 rings (SSSR count). The summed E-state index contributed by atoms with van der Waals surface area (Å²) in [6, 6.07) is 9.49. The molecule has 0 saturated carbocycles. The highest BCUT2D eigenvalue weighted by molar-refractivity contribution is 5.76. The van der Waals surface area contributed by atoms with E-state index in [4.69, 9.17) is 4.52 Å². The van der Waals surface area contributed by atoms with Crippen LogP contribution in [0, 0.1) is 6.92 Å². The quantitative estimate of drug-likeness (QED) is 0.639. The van der Waals surface area contributed by atoms with Crippen LogP contribution < -0.4 is 5.32 Å². The van der Waals surface area contributed by atoms with Crippen molar-refractivity contribution in [3.63, 3.8) is 0 Å². The fourth-order valence-electron chi connectivity index (χ4n) is 3.65. The number of nitrogens with zero attached hydrogens (tertiary/aromatic N) is 5. The molecule has 9 nitrogen and oxygen atoms in total. The molecule has 9 heteroatoms. The predicted octanol–water partition coefficient (Wildman–Crippen LogP) is 0.993. The minimum absolute atomic E-state index is 0.132. The predicted molar refractivity (Wildman–Crippen MR) is 105 cm³/mol. The Kier molecular flexibility index (Phi) is 5.68. The number of β-amino-alcohol motifs (C(OH)–C–C–N with tert-alkyl or cyclic N) is 1. The lowest BCUT2D eigenvalue weighted by Crippen LogP contribution is -2.52. The van der Waals surface area contributed by atoms with Crippen LogP contribution in [0.1, 0.15) is 17.9 Å². The third kappa shape index (κ3) is 4.87. The van der Waals surface area contributed by atoms with Gasteiger partial charge in [-0.25, -0.2) is 0 Å². The second kappa shape index (κ2) is 8.54. The molecule has 1 aromatic carbocycles. The average molecular weight is 396 g/mol. The molecule has 0 aliphatic carbocycles. The largest absolute Gasteiger partial charge is 0.392 e. The monoisotopic (exact) mass is 396 g/mol. The summed E-state index contributed by atoms with van der Waals surface area (Å²) in [5.74, 6) is 0.908. The lowest BCUT2D eigenvalue weighted by Gasteiger charge is -2.35. The number of aliphatic hydroxyl groups is 1. The first-order valence-electron chi connectivity index (χ1n) is 9.62. The smallest absolute Gasteiger partial charge is 0.241 e. The maximum atomic E-state index is 12.2. The second-order valence-electron chi connectivity index (χ2n) is 7.38. The highest BCUT2D eigenvalue weighted by Crippen LogP contribution is 2.21. The van der Waals surface area contributed by atoms with E-state index in [1.165, 1.54) is 0 Å². The van der Waals surface area contributed by atoms with Crippen molar-refractivity contribution in [3.05, 3.63) is 54.2 Å². The van der Waals surface area contributed by atoms with Crippen LogP contribution in [0.5, 0.6) is 0 Å². The lowest BCUT2D eigenvalue weighted by atomic mass is 10.0. The molecule has 0 spiro atoms. The number of piperidine rings is 1. The van der Waals surface area contributed by atoms with E-state index in [1.54, 1.807) is 23.1 Å². The number of aliphatic hydroxyl groups excluding tert-OH is 1. The third-order valence-electron chi connectivity index (χ3n) is 4.95. The minimum atomic E-state index is -0.530. The van der Waals surface area contributed by atoms with E-state index in [-0.39, 0.29) is 18.5 Å². The van der Waals surface area contributed by atoms with Crippen molar-refractivity contribution in [1.29, 1.82) is 0 Å². The van der Waals surface area contributed by atoms with Crippen molar-refractivity contribution in [1.82, 2.24) is 30.1 Å². The Bertz CT molecular complexity index is 955. The number of hydrogen-bond donors (Lipinski definition) is 2. The van der Waals surface area contributed by atoms with Gasteiger partial charge in [0.05, 0.1) is 12.6 Å². The first kappa shape index (κ1) is 19.3. The Balaban J connectivity index is 1.36. The molecule has 0 bridgehead atoms. The normalized spacial score (nSPS) is 19.9. The van der Waals surface area contributed by atoms with Gasteiger partial charge in [0, 0.05) is 37.1 Å². The molecular formula is C20H24N6O3. The first-order chi connectivity index (χ1) is 14.1. The van der Waals surface area contributed by atoms with Gasteiger partial charge in [-0.2, -0.15) is 10.1 Å². The molecule has 2 atom stereocenters. The van der Waals surface area contributed by atoms with Crippen molar-refractivity contribution in [2.45, 2.75) is 38.6 Å². The summed E-state index contributed by atoms with van der Waals surface area (Å²) >= 11 is 0. The zero-order valence-electron chi connectivity index (χ0n) is 16.2. The van der Waals surface area contributed by atoms with Gasteiger partial charge in [-0.15, -0.1) is 0 Å². The number of likely N-dealkylation sites (tertiary alicyclic amines) is 1. The third-order valence-corrected chi connectivity index (χ3v) is 4.95. The standard InChI is InChI=1S/C20H24N6O3/c1-14-5-2-3-6-17(14)20-23-19(29-24-20)13-25-10-15(9-16(27)11-25)22-18(28)12-26-8-4-7-21-26/h2-8,15-16,27H,9-13H2,1H3,(H,22,28)/t15-,16+/m0/s1. The van der Waals surface area contributed by atoms with E-state index < -0.39 is 6.10 Å². The van der Waals surface area contributed by atoms with Crippen molar-refractivity contribution >= 4 is 5.91 Å². The number of carbonyl (C=O) groups is 1. The van der Waals surface area contributed by atoms with Crippen LogP contribution in [0.2, 0.25) is 0 Å². The lowest BCUT2D eigenvalue weighted by molar-refractivity contribution is -0.123. The summed E-state index contributed by atoms with van der Waals surface area (Å²) in [5.41, 5.74) is 2.01. The molecule has 1 aliphatic rings. The maximum absolute atomic E-state index is 12.2. The van der Waals surface area contributed by atoms with Gasteiger partial charge >= 0.3 is 0 Å². The van der Waals surface area contributed by atoms with Gasteiger partial charge in [-0.3, -0.25) is 14.4 Å². The van der Waals surface area contributed by atoms with Gasteiger partial charge in [0.15, 0.2) is 0 Å². The number of rotatable bonds is 6. The molecule has 2 aromatic heterocycles. The van der Waals surface area contributed by atoms with Gasteiger partial charge in [-0.05, 0) is 25.0 Å². The number of aryl methyl sites for hydroxylation is 1. The molecule has 1 saturated heterocycles. The van der Waals surface area contributed by atoms with E-state index in [9.17, 15) is 9.90 Å². The highest BCUT2D eigenvalue weighted by Gasteiger charge is 2.28. The molecule has 1 amide bonds. The Labute approximate surface area is 168 Å². The van der Waals surface area contributed by atoms with Crippen molar-refractivity contribution in [2.24, 2.45) is 0 Å². The summed E-state index contributed by atoms with van der Waals surface area (Å²) in [6.07, 6.45) is 3.36. The average Bonchev–Trinajstić information content (AvgIpc) is 3.33.